The molecule has 1 aromatic heterocycles. The summed E-state index contributed by atoms with van der Waals surface area (Å²) in [6.45, 7) is 12.5. The predicted molar refractivity (Wildman–Crippen MR) is 134 cm³/mol. The molecule has 0 radical (unpaired) electrons. The van der Waals surface area contributed by atoms with E-state index in [1.165, 1.54) is 5.56 Å². The van der Waals surface area contributed by atoms with Gasteiger partial charge in [0.1, 0.15) is 5.75 Å². The third-order valence-corrected chi connectivity index (χ3v) is 5.94. The molecule has 6 nitrogen and oxygen atoms in total. The molecular weight excluding hydrogens is 489 g/mol. The second kappa shape index (κ2) is 11.0. The third kappa shape index (κ3) is 5.89. The molecule has 0 spiro atoms. The molecule has 0 amide bonds. The summed E-state index contributed by atoms with van der Waals surface area (Å²) >= 11 is 0. The van der Waals surface area contributed by atoms with Crippen molar-refractivity contribution < 1.29 is 4.74 Å². The summed E-state index contributed by atoms with van der Waals surface area (Å²) in [6.07, 6.45) is 7.01. The molecule has 1 aliphatic heterocycles. The van der Waals surface area contributed by atoms with Crippen LogP contribution < -0.4 is 10.1 Å². The van der Waals surface area contributed by atoms with Gasteiger partial charge < -0.3 is 19.5 Å². The number of likely N-dealkylation sites (tertiary alicyclic amines) is 1. The van der Waals surface area contributed by atoms with Gasteiger partial charge in [-0.15, -0.1) is 24.0 Å². The van der Waals surface area contributed by atoms with Crippen molar-refractivity contribution >= 4 is 29.9 Å². The van der Waals surface area contributed by atoms with Crippen molar-refractivity contribution in [3.63, 3.8) is 0 Å². The van der Waals surface area contributed by atoms with Gasteiger partial charge in [-0.25, -0.2) is 4.98 Å². The van der Waals surface area contributed by atoms with Crippen molar-refractivity contribution in [3.05, 3.63) is 48.5 Å². The number of imidazole rings is 1. The fourth-order valence-electron chi connectivity index (χ4n) is 3.93. The van der Waals surface area contributed by atoms with Crippen LogP contribution in [0.25, 0.3) is 0 Å². The Hall–Kier alpha value is -1.77. The van der Waals surface area contributed by atoms with E-state index in [0.717, 1.165) is 37.8 Å². The first kappa shape index (κ1) is 24.5. The molecule has 2 heterocycles. The fraction of sp³-hybridized carbons (Fsp3) is 0.565. The monoisotopic (exact) mass is 525 g/mol. The van der Waals surface area contributed by atoms with Crippen LogP contribution in [-0.2, 0) is 5.41 Å². The van der Waals surface area contributed by atoms with Crippen LogP contribution >= 0.6 is 24.0 Å². The van der Waals surface area contributed by atoms with Gasteiger partial charge in [-0.3, -0.25) is 4.99 Å². The maximum Gasteiger partial charge on any atom is 0.194 e. The van der Waals surface area contributed by atoms with Gasteiger partial charge in [0.25, 0.3) is 0 Å². The zero-order valence-electron chi connectivity index (χ0n) is 18.8. The summed E-state index contributed by atoms with van der Waals surface area (Å²) in [5, 5.41) is 3.51. The second-order valence-corrected chi connectivity index (χ2v) is 8.58. The van der Waals surface area contributed by atoms with E-state index in [4.69, 9.17) is 9.73 Å². The average Bonchev–Trinajstić information content (AvgIpc) is 3.26. The normalized spacial score (nSPS) is 19.9. The van der Waals surface area contributed by atoms with Crippen LogP contribution in [0.2, 0.25) is 0 Å². The van der Waals surface area contributed by atoms with E-state index in [-0.39, 0.29) is 29.4 Å². The second-order valence-electron chi connectivity index (χ2n) is 8.58. The minimum absolute atomic E-state index is 0. The van der Waals surface area contributed by atoms with Crippen molar-refractivity contribution in [2.75, 3.05) is 33.3 Å². The summed E-state index contributed by atoms with van der Waals surface area (Å²) < 4.78 is 7.64. The van der Waals surface area contributed by atoms with E-state index in [2.05, 4.69) is 65.8 Å². The molecule has 1 saturated heterocycles. The Morgan fingerprint density at radius 3 is 2.83 bits per heavy atom. The molecule has 30 heavy (non-hydrogen) atoms. The molecule has 1 aliphatic rings. The zero-order chi connectivity index (χ0) is 20.9. The average molecular weight is 525 g/mol. The number of hydrogen-bond donors (Lipinski definition) is 1. The lowest BCUT2D eigenvalue weighted by atomic mass is 9.84. The number of benzene rings is 1. The van der Waals surface area contributed by atoms with Gasteiger partial charge >= 0.3 is 0 Å². The Labute approximate surface area is 198 Å². The number of piperidine rings is 1. The van der Waals surface area contributed by atoms with Gasteiger partial charge in [-0.1, -0.05) is 32.9 Å². The number of aromatic nitrogens is 2. The topological polar surface area (TPSA) is 54.7 Å². The molecular formula is C23H36IN5O. The van der Waals surface area contributed by atoms with Crippen LogP contribution in [0, 0.1) is 5.92 Å². The smallest absolute Gasteiger partial charge is 0.194 e. The van der Waals surface area contributed by atoms with Crippen molar-refractivity contribution in [3.8, 4) is 5.75 Å². The number of methoxy groups -OCH3 is 1. The Balaban J connectivity index is 0.00000320. The molecule has 1 fully saturated rings. The van der Waals surface area contributed by atoms with E-state index in [0.29, 0.717) is 18.5 Å². The molecule has 2 aromatic rings. The highest BCUT2D eigenvalue weighted by Crippen LogP contribution is 2.29. The standard InChI is InChI=1S/C23H35N5O.HI/c1-6-25-22(26-16-23(3,4)19-8-7-9-20(14-19)29-5)27-12-10-18(2)21(15-27)28-13-11-24-17-28;/h7-9,11,13-14,17-18,21H,6,10,12,15-16H2,1-5H3,(H,25,26);1H. The van der Waals surface area contributed by atoms with E-state index >= 15 is 0 Å². The highest BCUT2D eigenvalue weighted by atomic mass is 127. The van der Waals surface area contributed by atoms with Gasteiger partial charge in [-0.2, -0.15) is 0 Å². The number of guanidine groups is 1. The van der Waals surface area contributed by atoms with Crippen molar-refractivity contribution in [2.45, 2.75) is 45.6 Å². The lowest BCUT2D eigenvalue weighted by Crippen LogP contribution is -2.49. The number of hydrogen-bond acceptors (Lipinski definition) is 3. The minimum atomic E-state index is -0.0813. The Bertz CT molecular complexity index is 806. The largest absolute Gasteiger partial charge is 0.497 e. The summed E-state index contributed by atoms with van der Waals surface area (Å²) in [7, 11) is 1.71. The number of nitrogens with zero attached hydrogens (tertiary/aromatic N) is 4. The molecule has 3 rings (SSSR count). The van der Waals surface area contributed by atoms with E-state index in [1.807, 2.05) is 24.7 Å². The van der Waals surface area contributed by atoms with Crippen LogP contribution in [0.4, 0.5) is 0 Å². The Kier molecular flexibility index (Phi) is 9.00. The first-order chi connectivity index (χ1) is 13.9. The predicted octanol–water partition coefficient (Wildman–Crippen LogP) is 4.34. The number of ether oxygens (including phenoxy) is 1. The summed E-state index contributed by atoms with van der Waals surface area (Å²) in [6, 6.07) is 8.72. The van der Waals surface area contributed by atoms with Crippen molar-refractivity contribution in [1.29, 1.82) is 0 Å². The molecule has 7 heteroatoms. The van der Waals surface area contributed by atoms with Crippen LogP contribution in [0.3, 0.4) is 0 Å². The summed E-state index contributed by atoms with van der Waals surface area (Å²) in [4.78, 5) is 11.7. The molecule has 0 aliphatic carbocycles. The molecule has 1 aromatic carbocycles. The quantitative estimate of drug-likeness (QED) is 0.347. The Morgan fingerprint density at radius 2 is 2.17 bits per heavy atom. The van der Waals surface area contributed by atoms with Gasteiger partial charge in [0.2, 0.25) is 0 Å². The number of halogens is 1. The summed E-state index contributed by atoms with van der Waals surface area (Å²) in [5.41, 5.74) is 1.15. The molecule has 0 bridgehead atoms. The van der Waals surface area contributed by atoms with E-state index in [1.54, 1.807) is 7.11 Å². The summed E-state index contributed by atoms with van der Waals surface area (Å²) in [5.74, 6) is 2.51. The van der Waals surface area contributed by atoms with Gasteiger partial charge in [0, 0.05) is 37.4 Å². The highest BCUT2D eigenvalue weighted by Gasteiger charge is 2.29. The van der Waals surface area contributed by atoms with Crippen LogP contribution in [-0.4, -0.2) is 53.7 Å². The number of nitrogens with one attached hydrogen (secondary N) is 1. The first-order valence-corrected chi connectivity index (χ1v) is 10.6. The number of aliphatic imine (C=N–C) groups is 1. The maximum atomic E-state index is 5.40. The number of rotatable bonds is 6. The van der Waals surface area contributed by atoms with E-state index in [9.17, 15) is 0 Å². The fourth-order valence-corrected chi connectivity index (χ4v) is 3.93. The lowest BCUT2D eigenvalue weighted by Gasteiger charge is -2.39. The molecule has 2 unspecified atom stereocenters. The lowest BCUT2D eigenvalue weighted by molar-refractivity contribution is 0.188. The Morgan fingerprint density at radius 1 is 1.37 bits per heavy atom. The van der Waals surface area contributed by atoms with E-state index < -0.39 is 0 Å². The van der Waals surface area contributed by atoms with Crippen LogP contribution in [0.1, 0.15) is 45.7 Å². The maximum absolute atomic E-state index is 5.40. The highest BCUT2D eigenvalue weighted by molar-refractivity contribution is 14.0. The minimum Gasteiger partial charge on any atom is -0.497 e. The van der Waals surface area contributed by atoms with Crippen molar-refractivity contribution in [1.82, 2.24) is 19.8 Å². The van der Waals surface area contributed by atoms with Gasteiger partial charge in [0.15, 0.2) is 5.96 Å². The molecule has 1 N–H and O–H groups in total. The van der Waals surface area contributed by atoms with Crippen LogP contribution in [0.15, 0.2) is 48.0 Å². The first-order valence-electron chi connectivity index (χ1n) is 10.6. The molecule has 0 saturated carbocycles. The third-order valence-electron chi connectivity index (χ3n) is 5.94. The SMILES string of the molecule is CCNC(=NCC(C)(C)c1cccc(OC)c1)N1CCC(C)C(n2ccnc2)C1.I. The molecule has 2 atom stereocenters. The molecule has 166 valence electrons. The zero-order valence-corrected chi connectivity index (χ0v) is 21.2. The van der Waals surface area contributed by atoms with Crippen LogP contribution in [0.5, 0.6) is 5.75 Å². The van der Waals surface area contributed by atoms with Crippen molar-refractivity contribution in [2.24, 2.45) is 10.9 Å². The van der Waals surface area contributed by atoms with Gasteiger partial charge in [0.05, 0.1) is 26.0 Å². The van der Waals surface area contributed by atoms with Gasteiger partial charge in [-0.05, 0) is 37.0 Å².